The Morgan fingerprint density at radius 2 is 2.00 bits per heavy atom. The van der Waals surface area contributed by atoms with Crippen LogP contribution in [0.25, 0.3) is 0 Å². The van der Waals surface area contributed by atoms with Gasteiger partial charge in [0.2, 0.25) is 0 Å². The lowest BCUT2D eigenvalue weighted by molar-refractivity contribution is -0.141. The standard InChI is InChI=1S/C16H22NO5P/c1-3-21-16(19)12-17-23(20,11-7-8-14(2)13-18)22-15-9-5-4-6-10-15/h4-6,8-10,13H,3,7,11-12H2,1-2H3,(H,17,20)/b14-8+. The first-order chi connectivity index (χ1) is 11.0. The summed E-state index contributed by atoms with van der Waals surface area (Å²) >= 11 is 0. The minimum absolute atomic E-state index is 0.159. The average Bonchev–Trinajstić information content (AvgIpc) is 2.54. The van der Waals surface area contributed by atoms with Crippen LogP contribution in [0.5, 0.6) is 5.75 Å². The Kier molecular flexibility index (Phi) is 8.30. The van der Waals surface area contributed by atoms with Gasteiger partial charge in [0.25, 0.3) is 0 Å². The van der Waals surface area contributed by atoms with Crippen molar-refractivity contribution in [3.05, 3.63) is 42.0 Å². The van der Waals surface area contributed by atoms with Crippen LogP contribution in [0.1, 0.15) is 20.3 Å². The predicted octanol–water partition coefficient (Wildman–Crippen LogP) is 2.95. The number of rotatable bonds is 10. The van der Waals surface area contributed by atoms with Crippen molar-refractivity contribution in [2.24, 2.45) is 0 Å². The van der Waals surface area contributed by atoms with E-state index in [1.807, 2.05) is 6.07 Å². The van der Waals surface area contributed by atoms with Crippen molar-refractivity contribution in [2.75, 3.05) is 19.3 Å². The van der Waals surface area contributed by atoms with Gasteiger partial charge in [0, 0.05) is 0 Å². The van der Waals surface area contributed by atoms with Crippen LogP contribution in [0.2, 0.25) is 0 Å². The van der Waals surface area contributed by atoms with Crippen LogP contribution in [-0.4, -0.2) is 31.6 Å². The molecule has 0 aliphatic rings. The normalized spacial score (nSPS) is 13.9. The van der Waals surface area contributed by atoms with Gasteiger partial charge >= 0.3 is 13.5 Å². The number of esters is 1. The average molecular weight is 339 g/mol. The van der Waals surface area contributed by atoms with E-state index in [-0.39, 0.29) is 19.3 Å². The largest absolute Gasteiger partial charge is 0.465 e. The Morgan fingerprint density at radius 1 is 1.30 bits per heavy atom. The smallest absolute Gasteiger partial charge is 0.320 e. The first kappa shape index (κ1) is 19.1. The van der Waals surface area contributed by atoms with Gasteiger partial charge < -0.3 is 9.26 Å². The van der Waals surface area contributed by atoms with Crippen molar-refractivity contribution in [3.8, 4) is 5.75 Å². The molecule has 0 saturated carbocycles. The molecule has 1 atom stereocenters. The fourth-order valence-electron chi connectivity index (χ4n) is 1.72. The fourth-order valence-corrected chi connectivity index (χ4v) is 3.33. The summed E-state index contributed by atoms with van der Waals surface area (Å²) in [6.07, 6.45) is 2.96. The number of nitrogens with one attached hydrogen (secondary N) is 1. The molecule has 1 N–H and O–H groups in total. The maximum Gasteiger partial charge on any atom is 0.320 e. The van der Waals surface area contributed by atoms with E-state index < -0.39 is 13.5 Å². The highest BCUT2D eigenvalue weighted by Gasteiger charge is 2.25. The molecule has 0 fully saturated rings. The number of ether oxygens (including phenoxy) is 1. The summed E-state index contributed by atoms with van der Waals surface area (Å²) in [5.41, 5.74) is 0.557. The molecular formula is C16H22NO5P. The van der Waals surface area contributed by atoms with E-state index in [2.05, 4.69) is 5.09 Å². The minimum atomic E-state index is -3.30. The van der Waals surface area contributed by atoms with E-state index in [0.717, 1.165) is 6.29 Å². The summed E-state index contributed by atoms with van der Waals surface area (Å²) < 4.78 is 23.3. The van der Waals surface area contributed by atoms with Gasteiger partial charge in [-0.05, 0) is 38.0 Å². The predicted molar refractivity (Wildman–Crippen MR) is 88.6 cm³/mol. The molecule has 1 unspecified atom stereocenters. The molecule has 0 bridgehead atoms. The van der Waals surface area contributed by atoms with Crippen LogP contribution in [0.3, 0.4) is 0 Å². The van der Waals surface area contributed by atoms with Crippen molar-refractivity contribution >= 4 is 19.8 Å². The maximum atomic E-state index is 12.9. The lowest BCUT2D eigenvalue weighted by Gasteiger charge is -2.19. The third-order valence-corrected chi connectivity index (χ3v) is 4.83. The van der Waals surface area contributed by atoms with Crippen LogP contribution in [0, 0.1) is 0 Å². The van der Waals surface area contributed by atoms with E-state index >= 15 is 0 Å². The van der Waals surface area contributed by atoms with Crippen molar-refractivity contribution < 1.29 is 23.4 Å². The molecule has 0 spiro atoms. The van der Waals surface area contributed by atoms with Gasteiger partial charge in [-0.1, -0.05) is 24.3 Å². The van der Waals surface area contributed by atoms with Crippen molar-refractivity contribution in [1.82, 2.24) is 5.09 Å². The van der Waals surface area contributed by atoms with Crippen molar-refractivity contribution in [2.45, 2.75) is 20.3 Å². The second-order valence-corrected chi connectivity index (χ2v) is 7.09. The summed E-state index contributed by atoms with van der Waals surface area (Å²) in [6, 6.07) is 8.72. The lowest BCUT2D eigenvalue weighted by atomic mass is 10.3. The highest BCUT2D eigenvalue weighted by Crippen LogP contribution is 2.43. The number of carbonyl (C=O) groups is 2. The molecule has 0 amide bonds. The van der Waals surface area contributed by atoms with E-state index in [9.17, 15) is 14.2 Å². The molecule has 1 rings (SSSR count). The van der Waals surface area contributed by atoms with Crippen LogP contribution in [0.15, 0.2) is 42.0 Å². The zero-order valence-corrected chi connectivity index (χ0v) is 14.3. The Labute approximate surface area is 136 Å². The number of para-hydroxylation sites is 1. The Balaban J connectivity index is 2.75. The van der Waals surface area contributed by atoms with Gasteiger partial charge in [-0.15, -0.1) is 0 Å². The van der Waals surface area contributed by atoms with E-state index in [0.29, 0.717) is 17.7 Å². The molecule has 0 aliphatic heterocycles. The quantitative estimate of drug-likeness (QED) is 0.305. The van der Waals surface area contributed by atoms with Gasteiger partial charge in [0.1, 0.15) is 18.6 Å². The molecule has 0 aromatic heterocycles. The maximum absolute atomic E-state index is 12.9. The summed E-state index contributed by atoms with van der Waals surface area (Å²) in [4.78, 5) is 22.0. The minimum Gasteiger partial charge on any atom is -0.465 e. The van der Waals surface area contributed by atoms with Crippen LogP contribution >= 0.6 is 7.52 Å². The first-order valence-corrected chi connectivity index (χ1v) is 9.16. The molecule has 0 radical (unpaired) electrons. The fraction of sp³-hybridized carbons (Fsp3) is 0.375. The highest BCUT2D eigenvalue weighted by molar-refractivity contribution is 7.57. The van der Waals surface area contributed by atoms with Crippen LogP contribution in [0.4, 0.5) is 0 Å². The number of aldehydes is 1. The molecule has 7 heteroatoms. The topological polar surface area (TPSA) is 81.7 Å². The number of allylic oxidation sites excluding steroid dienone is 2. The third kappa shape index (κ3) is 7.77. The number of carbonyl (C=O) groups excluding carboxylic acids is 2. The van der Waals surface area contributed by atoms with Gasteiger partial charge in [0.05, 0.1) is 12.8 Å². The molecule has 0 aliphatic carbocycles. The Morgan fingerprint density at radius 3 is 2.61 bits per heavy atom. The van der Waals surface area contributed by atoms with Crippen LogP contribution in [-0.2, 0) is 18.9 Å². The molecule has 0 saturated heterocycles. The van der Waals surface area contributed by atoms with E-state index in [1.54, 1.807) is 44.2 Å². The molecule has 6 nitrogen and oxygen atoms in total. The van der Waals surface area contributed by atoms with E-state index in [1.165, 1.54) is 0 Å². The monoisotopic (exact) mass is 339 g/mol. The highest BCUT2D eigenvalue weighted by atomic mass is 31.2. The number of hydrogen-bond donors (Lipinski definition) is 1. The lowest BCUT2D eigenvalue weighted by Crippen LogP contribution is -2.25. The molecule has 126 valence electrons. The molecule has 0 heterocycles. The molecule has 1 aromatic carbocycles. The van der Waals surface area contributed by atoms with Crippen LogP contribution < -0.4 is 9.61 Å². The number of hydrogen-bond acceptors (Lipinski definition) is 5. The summed E-state index contributed by atoms with van der Waals surface area (Å²) in [6.45, 7) is 3.42. The molecule has 1 aromatic rings. The van der Waals surface area contributed by atoms with Gasteiger partial charge in [0.15, 0.2) is 0 Å². The second kappa shape index (κ2) is 9.98. The van der Waals surface area contributed by atoms with Gasteiger partial charge in [-0.3, -0.25) is 14.2 Å². The van der Waals surface area contributed by atoms with Gasteiger partial charge in [-0.25, -0.2) is 5.09 Å². The first-order valence-electron chi connectivity index (χ1n) is 7.35. The summed E-state index contributed by atoms with van der Waals surface area (Å²) in [7, 11) is -3.30. The Bertz CT molecular complexity index is 585. The zero-order valence-electron chi connectivity index (χ0n) is 13.4. The molecular weight excluding hydrogens is 317 g/mol. The second-order valence-electron chi connectivity index (χ2n) is 4.80. The van der Waals surface area contributed by atoms with E-state index in [4.69, 9.17) is 9.26 Å². The number of benzene rings is 1. The summed E-state index contributed by atoms with van der Waals surface area (Å²) in [5, 5.41) is 2.66. The van der Waals surface area contributed by atoms with Crippen molar-refractivity contribution in [1.29, 1.82) is 0 Å². The Hall–Kier alpha value is -1.91. The summed E-state index contributed by atoms with van der Waals surface area (Å²) in [5.74, 6) is -0.0488. The van der Waals surface area contributed by atoms with Gasteiger partial charge in [-0.2, -0.15) is 0 Å². The zero-order chi connectivity index (χ0) is 17.1. The van der Waals surface area contributed by atoms with Crippen molar-refractivity contribution in [3.63, 3.8) is 0 Å². The SMILES string of the molecule is CCOC(=O)CNP(=O)(CC/C=C(\C)C=O)Oc1ccccc1. The third-order valence-electron chi connectivity index (χ3n) is 2.84. The molecule has 23 heavy (non-hydrogen) atoms.